The fourth-order valence-corrected chi connectivity index (χ4v) is 5.98. The number of unbranched alkanes of at least 4 members (excludes halogenated alkanes) is 14. The molecule has 0 spiro atoms. The number of carboxylic acids is 3. The van der Waals surface area contributed by atoms with Gasteiger partial charge in [0.25, 0.3) is 0 Å². The second-order valence-corrected chi connectivity index (χ2v) is 13.4. The van der Waals surface area contributed by atoms with Crippen molar-refractivity contribution in [1.29, 1.82) is 0 Å². The predicted molar refractivity (Wildman–Crippen MR) is 206 cm³/mol. The zero-order chi connectivity index (χ0) is 39.3. The first-order chi connectivity index (χ1) is 26.0. The van der Waals surface area contributed by atoms with E-state index < -0.39 is 36.0 Å². The molecule has 0 aliphatic carbocycles. The van der Waals surface area contributed by atoms with Crippen molar-refractivity contribution in [2.45, 2.75) is 116 Å². The minimum atomic E-state index is -1.38. The number of anilines is 2. The SMILES string of the molecule is CCCCCCCCCCCCCCCCCC(=O)Nc1ccc(C(=O)CC(=O)Nc2cc(Oc3cc(C(=O)O)cc(C(=O)O)c3)ccc2C(=O)O)cc1. The van der Waals surface area contributed by atoms with Gasteiger partial charge in [0, 0.05) is 23.7 Å². The van der Waals surface area contributed by atoms with Crippen molar-refractivity contribution in [3.05, 3.63) is 82.9 Å². The average molecular weight is 745 g/mol. The van der Waals surface area contributed by atoms with Crippen molar-refractivity contribution in [2.75, 3.05) is 10.6 Å². The molecular weight excluding hydrogens is 692 g/mol. The van der Waals surface area contributed by atoms with Crippen LogP contribution in [-0.2, 0) is 9.59 Å². The monoisotopic (exact) mass is 744 g/mol. The molecule has 3 aromatic carbocycles. The summed E-state index contributed by atoms with van der Waals surface area (Å²) >= 11 is 0. The van der Waals surface area contributed by atoms with Crippen LogP contribution in [-0.4, -0.2) is 50.8 Å². The van der Waals surface area contributed by atoms with Gasteiger partial charge in [-0.3, -0.25) is 14.4 Å². The molecule has 3 aromatic rings. The van der Waals surface area contributed by atoms with Gasteiger partial charge in [0.05, 0.1) is 28.8 Å². The molecule has 0 heterocycles. The van der Waals surface area contributed by atoms with Gasteiger partial charge in [0.2, 0.25) is 11.8 Å². The number of rotatable bonds is 26. The number of hydrogen-bond acceptors (Lipinski definition) is 7. The zero-order valence-corrected chi connectivity index (χ0v) is 31.0. The summed E-state index contributed by atoms with van der Waals surface area (Å²) in [6.45, 7) is 2.25. The predicted octanol–water partition coefficient (Wildman–Crippen LogP) is 9.99. The van der Waals surface area contributed by atoms with E-state index in [4.69, 9.17) is 4.74 Å². The van der Waals surface area contributed by atoms with Crippen LogP contribution < -0.4 is 15.4 Å². The van der Waals surface area contributed by atoms with Crippen LogP contribution in [0.1, 0.15) is 158 Å². The molecule has 2 amide bonds. The van der Waals surface area contributed by atoms with E-state index in [1.165, 1.54) is 95.2 Å². The quantitative estimate of drug-likeness (QED) is 0.0300. The van der Waals surface area contributed by atoms with Crippen LogP contribution in [0.4, 0.5) is 11.4 Å². The Hall–Kier alpha value is -5.52. The van der Waals surface area contributed by atoms with Crippen LogP contribution in [0, 0.1) is 0 Å². The van der Waals surface area contributed by atoms with E-state index in [1.54, 1.807) is 12.1 Å². The molecule has 0 bridgehead atoms. The van der Waals surface area contributed by atoms with Crippen molar-refractivity contribution < 1.29 is 48.8 Å². The molecule has 0 saturated carbocycles. The van der Waals surface area contributed by atoms with Crippen LogP contribution in [0.2, 0.25) is 0 Å². The lowest BCUT2D eigenvalue weighted by Gasteiger charge is -2.12. The second-order valence-electron chi connectivity index (χ2n) is 13.4. The summed E-state index contributed by atoms with van der Waals surface area (Å²) in [5.41, 5.74) is -0.450. The van der Waals surface area contributed by atoms with Crippen LogP contribution in [0.25, 0.3) is 0 Å². The molecular formula is C42H52N2O10. The largest absolute Gasteiger partial charge is 0.478 e. The number of ether oxygens (including phenoxy) is 1. The molecule has 3 rings (SSSR count). The molecule has 0 saturated heterocycles. The van der Waals surface area contributed by atoms with E-state index in [-0.39, 0.29) is 45.3 Å². The fraction of sp³-hybridized carbons (Fsp3) is 0.429. The fourth-order valence-electron chi connectivity index (χ4n) is 5.98. The van der Waals surface area contributed by atoms with Gasteiger partial charge in [-0.1, -0.05) is 96.8 Å². The zero-order valence-electron chi connectivity index (χ0n) is 31.0. The number of Topliss-reactive ketones (excluding diaryl/α,β-unsaturated/α-hetero) is 1. The molecule has 54 heavy (non-hydrogen) atoms. The third kappa shape index (κ3) is 15.6. The molecule has 290 valence electrons. The summed E-state index contributed by atoms with van der Waals surface area (Å²) in [4.78, 5) is 72.8. The number of amides is 2. The minimum Gasteiger partial charge on any atom is -0.478 e. The summed E-state index contributed by atoms with van der Waals surface area (Å²) in [7, 11) is 0. The van der Waals surface area contributed by atoms with Crippen LogP contribution in [0.15, 0.2) is 60.7 Å². The Morgan fingerprint density at radius 2 is 1.04 bits per heavy atom. The van der Waals surface area contributed by atoms with E-state index in [0.717, 1.165) is 49.6 Å². The highest BCUT2D eigenvalue weighted by Crippen LogP contribution is 2.29. The number of carboxylic acid groups (broad SMARTS) is 3. The first kappa shape index (κ1) is 42.9. The Bertz CT molecular complexity index is 1700. The van der Waals surface area contributed by atoms with Gasteiger partial charge in [0.15, 0.2) is 5.78 Å². The number of carbonyl (C=O) groups excluding carboxylic acids is 3. The highest BCUT2D eigenvalue weighted by molar-refractivity contribution is 6.12. The maximum absolute atomic E-state index is 12.9. The molecule has 0 aliphatic heterocycles. The van der Waals surface area contributed by atoms with E-state index in [2.05, 4.69) is 17.6 Å². The topological polar surface area (TPSA) is 196 Å². The van der Waals surface area contributed by atoms with Crippen molar-refractivity contribution in [1.82, 2.24) is 0 Å². The lowest BCUT2D eigenvalue weighted by Crippen LogP contribution is -2.18. The highest BCUT2D eigenvalue weighted by Gasteiger charge is 2.19. The minimum absolute atomic E-state index is 0.0299. The molecule has 0 aliphatic rings. The highest BCUT2D eigenvalue weighted by atomic mass is 16.5. The van der Waals surface area contributed by atoms with Gasteiger partial charge in [-0.05, 0) is 61.0 Å². The van der Waals surface area contributed by atoms with E-state index in [1.807, 2.05) is 0 Å². The first-order valence-electron chi connectivity index (χ1n) is 18.9. The molecule has 5 N–H and O–H groups in total. The molecule has 0 fully saturated rings. The number of carbonyl (C=O) groups is 6. The van der Waals surface area contributed by atoms with Crippen molar-refractivity contribution in [3.63, 3.8) is 0 Å². The van der Waals surface area contributed by atoms with E-state index >= 15 is 0 Å². The molecule has 12 heteroatoms. The molecule has 12 nitrogen and oxygen atoms in total. The summed E-state index contributed by atoms with van der Waals surface area (Å²) in [5.74, 6) is -5.77. The van der Waals surface area contributed by atoms with Crippen LogP contribution in [0.5, 0.6) is 11.5 Å². The molecule has 0 radical (unpaired) electrons. The normalized spacial score (nSPS) is 10.8. The second kappa shape index (κ2) is 23.2. The van der Waals surface area contributed by atoms with Gasteiger partial charge in [-0.2, -0.15) is 0 Å². The van der Waals surface area contributed by atoms with Crippen molar-refractivity contribution in [2.24, 2.45) is 0 Å². The number of benzene rings is 3. The molecule has 0 atom stereocenters. The Labute approximate surface area is 316 Å². The lowest BCUT2D eigenvalue weighted by atomic mass is 10.0. The number of hydrogen-bond donors (Lipinski definition) is 5. The molecule has 0 unspecified atom stereocenters. The standard InChI is InChI=1S/C42H52N2O10/c1-2-3-4-5-6-7-8-9-10-11-12-13-14-15-16-17-38(46)43-32-20-18-29(19-21-32)37(45)28-39(47)44-36-27-33(22-23-35(36)42(52)53)54-34-25-30(40(48)49)24-31(26-34)41(50)51/h18-27H,2-17,28H2,1H3,(H,43,46)(H,44,47)(H,48,49)(H,50,51)(H,52,53). The lowest BCUT2D eigenvalue weighted by molar-refractivity contribution is -0.116. The van der Waals surface area contributed by atoms with Gasteiger partial charge in [-0.15, -0.1) is 0 Å². The summed E-state index contributed by atoms with van der Waals surface area (Å²) in [6, 6.07) is 12.8. The van der Waals surface area contributed by atoms with Crippen LogP contribution >= 0.6 is 0 Å². The Balaban J connectivity index is 1.40. The van der Waals surface area contributed by atoms with Crippen LogP contribution in [0.3, 0.4) is 0 Å². The Morgan fingerprint density at radius 1 is 0.519 bits per heavy atom. The van der Waals surface area contributed by atoms with Crippen molar-refractivity contribution >= 4 is 46.9 Å². The average Bonchev–Trinajstić information content (AvgIpc) is 3.13. The summed E-state index contributed by atoms with van der Waals surface area (Å²) in [6.07, 6.45) is 18.5. The Kier molecular flexibility index (Phi) is 18.4. The van der Waals surface area contributed by atoms with Gasteiger partial charge < -0.3 is 30.7 Å². The van der Waals surface area contributed by atoms with E-state index in [0.29, 0.717) is 12.1 Å². The first-order valence-corrected chi connectivity index (χ1v) is 18.9. The van der Waals surface area contributed by atoms with E-state index in [9.17, 15) is 44.1 Å². The Morgan fingerprint density at radius 3 is 1.54 bits per heavy atom. The third-order valence-electron chi connectivity index (χ3n) is 8.95. The number of aromatic carboxylic acids is 3. The smallest absolute Gasteiger partial charge is 0.337 e. The van der Waals surface area contributed by atoms with Crippen molar-refractivity contribution in [3.8, 4) is 11.5 Å². The summed E-state index contributed by atoms with van der Waals surface area (Å²) < 4.78 is 5.61. The number of nitrogens with one attached hydrogen (secondary N) is 2. The summed E-state index contributed by atoms with van der Waals surface area (Å²) in [5, 5.41) is 33.5. The van der Waals surface area contributed by atoms with Gasteiger partial charge >= 0.3 is 17.9 Å². The third-order valence-corrected chi connectivity index (χ3v) is 8.95. The van der Waals surface area contributed by atoms with Gasteiger partial charge in [0.1, 0.15) is 11.5 Å². The molecule has 0 aromatic heterocycles. The van der Waals surface area contributed by atoms with Gasteiger partial charge in [-0.25, -0.2) is 14.4 Å². The maximum atomic E-state index is 12.9. The maximum Gasteiger partial charge on any atom is 0.337 e. The number of ketones is 1.